The van der Waals surface area contributed by atoms with Crippen LogP contribution in [0.25, 0.3) is 97.7 Å². The summed E-state index contributed by atoms with van der Waals surface area (Å²) in [7, 11) is 0. The minimum absolute atomic E-state index is 0.899. The average molecular weight is 657 g/mol. The van der Waals surface area contributed by atoms with Crippen LogP contribution >= 0.6 is 11.3 Å². The van der Waals surface area contributed by atoms with Crippen LogP contribution in [0.1, 0.15) is 0 Å². The van der Waals surface area contributed by atoms with Gasteiger partial charge in [0.1, 0.15) is 11.2 Å². The maximum Gasteiger partial charge on any atom is 0.143 e. The fourth-order valence-corrected chi connectivity index (χ4v) is 8.51. The van der Waals surface area contributed by atoms with E-state index in [0.29, 0.717) is 0 Å². The largest absolute Gasteiger partial charge is 0.455 e. The van der Waals surface area contributed by atoms with E-state index in [1.165, 1.54) is 25.7 Å². The van der Waals surface area contributed by atoms with Gasteiger partial charge in [0.2, 0.25) is 0 Å². The van der Waals surface area contributed by atoms with E-state index < -0.39 is 0 Å². The third-order valence-electron chi connectivity index (χ3n) is 9.65. The Morgan fingerprint density at radius 1 is 0.380 bits per heavy atom. The van der Waals surface area contributed by atoms with Gasteiger partial charge in [0.15, 0.2) is 0 Å². The lowest BCUT2D eigenvalue weighted by atomic mass is 9.92. The third-order valence-corrected chi connectivity index (χ3v) is 10.9. The molecule has 0 N–H and O–H groups in total. The molecule has 0 amide bonds. The van der Waals surface area contributed by atoms with E-state index in [0.717, 1.165) is 72.0 Å². The molecule has 0 saturated heterocycles. The van der Waals surface area contributed by atoms with Crippen molar-refractivity contribution in [3.63, 3.8) is 0 Å². The molecule has 0 fully saturated rings. The first-order valence-corrected chi connectivity index (χ1v) is 17.5. The molecule has 50 heavy (non-hydrogen) atoms. The number of benzene rings is 6. The van der Waals surface area contributed by atoms with Gasteiger partial charge >= 0.3 is 0 Å². The van der Waals surface area contributed by atoms with Crippen molar-refractivity contribution in [1.82, 2.24) is 9.97 Å². The first-order valence-electron chi connectivity index (χ1n) is 16.7. The number of rotatable bonds is 5. The molecule has 0 spiro atoms. The van der Waals surface area contributed by atoms with Crippen molar-refractivity contribution in [1.29, 1.82) is 0 Å². The number of nitrogens with zero attached hydrogens (tertiary/aromatic N) is 2. The molecule has 4 aromatic heterocycles. The van der Waals surface area contributed by atoms with Crippen molar-refractivity contribution in [3.05, 3.63) is 170 Å². The van der Waals surface area contributed by atoms with Crippen LogP contribution < -0.4 is 0 Å². The zero-order chi connectivity index (χ0) is 33.0. The molecule has 6 aromatic carbocycles. The molecule has 0 bridgehead atoms. The summed E-state index contributed by atoms with van der Waals surface area (Å²) < 4.78 is 9.52. The zero-order valence-electron chi connectivity index (χ0n) is 26.9. The Morgan fingerprint density at radius 2 is 0.900 bits per heavy atom. The minimum atomic E-state index is 0.899. The van der Waals surface area contributed by atoms with Crippen LogP contribution in [0.5, 0.6) is 0 Å². The molecule has 10 rings (SSSR count). The van der Waals surface area contributed by atoms with Crippen molar-refractivity contribution < 1.29 is 4.42 Å². The highest BCUT2D eigenvalue weighted by Crippen LogP contribution is 2.45. The zero-order valence-corrected chi connectivity index (χ0v) is 27.7. The highest BCUT2D eigenvalue weighted by atomic mass is 32.1. The predicted molar refractivity (Wildman–Crippen MR) is 209 cm³/mol. The van der Waals surface area contributed by atoms with Crippen molar-refractivity contribution in [2.24, 2.45) is 0 Å². The van der Waals surface area contributed by atoms with Gasteiger partial charge in [0.05, 0.1) is 0 Å². The summed E-state index contributed by atoms with van der Waals surface area (Å²) in [5.74, 6) is 0. The van der Waals surface area contributed by atoms with Gasteiger partial charge in [-0.15, -0.1) is 11.3 Å². The van der Waals surface area contributed by atoms with Gasteiger partial charge in [-0.2, -0.15) is 0 Å². The number of aromatic nitrogens is 2. The number of hydrogen-bond donors (Lipinski definition) is 0. The Bertz CT molecular complexity index is 2810. The molecule has 0 unspecified atom stereocenters. The van der Waals surface area contributed by atoms with E-state index in [-0.39, 0.29) is 0 Å². The quantitative estimate of drug-likeness (QED) is 0.185. The second kappa shape index (κ2) is 11.7. The molecular weight excluding hydrogens is 629 g/mol. The number of furan rings is 1. The molecule has 10 aromatic rings. The first-order chi connectivity index (χ1) is 24.8. The standard InChI is InChI=1S/C46H28N2OS/c1-2-20-43-37(13-1)41-18-6-19-42(46(41)50-43)40-17-5-16-39-38-15-4-14-36(44(38)49-45(39)40)30-10-3-9-29(23-30)33-24-34(31-11-7-21-47-27-31)26-35(25-33)32-12-8-22-48-28-32/h1-28H. The number of thiophene rings is 1. The molecule has 0 aliphatic heterocycles. The lowest BCUT2D eigenvalue weighted by molar-refractivity contribution is 0.671. The SMILES string of the molecule is c1cncc(-c2cc(-c3cccnc3)cc(-c3cccc(-c4cccc5c4oc4c(-c6cccc7c6sc6ccccc67)cccc45)c3)c2)c1. The Morgan fingerprint density at radius 3 is 1.60 bits per heavy atom. The van der Waals surface area contributed by atoms with Crippen LogP contribution in [0, 0.1) is 0 Å². The van der Waals surface area contributed by atoms with Gasteiger partial charge < -0.3 is 4.42 Å². The topological polar surface area (TPSA) is 38.9 Å². The maximum absolute atomic E-state index is 6.94. The molecule has 0 saturated carbocycles. The molecule has 0 aliphatic rings. The summed E-state index contributed by atoms with van der Waals surface area (Å²) in [5, 5.41) is 4.82. The Kier molecular flexibility index (Phi) is 6.68. The van der Waals surface area contributed by atoms with Crippen molar-refractivity contribution in [2.45, 2.75) is 0 Å². The monoisotopic (exact) mass is 656 g/mol. The summed E-state index contributed by atoms with van der Waals surface area (Å²) >= 11 is 1.85. The molecule has 0 aliphatic carbocycles. The van der Waals surface area contributed by atoms with Crippen LogP contribution in [0.4, 0.5) is 0 Å². The summed E-state index contributed by atoms with van der Waals surface area (Å²) in [4.78, 5) is 8.79. The van der Waals surface area contributed by atoms with Crippen LogP contribution in [0.2, 0.25) is 0 Å². The number of para-hydroxylation sites is 2. The average Bonchev–Trinajstić information content (AvgIpc) is 3.77. The maximum atomic E-state index is 6.94. The van der Waals surface area contributed by atoms with E-state index in [2.05, 4.69) is 143 Å². The molecular formula is C46H28N2OS. The highest BCUT2D eigenvalue weighted by Gasteiger charge is 2.18. The Labute approximate surface area is 292 Å². The van der Waals surface area contributed by atoms with E-state index in [1.807, 2.05) is 48.3 Å². The van der Waals surface area contributed by atoms with Gasteiger partial charge in [-0.3, -0.25) is 9.97 Å². The molecule has 0 radical (unpaired) electrons. The van der Waals surface area contributed by atoms with Crippen LogP contribution in [0.3, 0.4) is 0 Å². The van der Waals surface area contributed by atoms with E-state index >= 15 is 0 Å². The van der Waals surface area contributed by atoms with E-state index in [4.69, 9.17) is 4.42 Å². The second-order valence-electron chi connectivity index (χ2n) is 12.6. The summed E-state index contributed by atoms with van der Waals surface area (Å²) in [5.41, 5.74) is 12.9. The minimum Gasteiger partial charge on any atom is -0.455 e. The van der Waals surface area contributed by atoms with Gasteiger partial charge in [-0.25, -0.2) is 0 Å². The second-order valence-corrected chi connectivity index (χ2v) is 13.7. The van der Waals surface area contributed by atoms with E-state index in [9.17, 15) is 0 Å². The number of fused-ring (bicyclic) bond motifs is 6. The Balaban J connectivity index is 1.13. The fraction of sp³-hybridized carbons (Fsp3) is 0. The van der Waals surface area contributed by atoms with Crippen LogP contribution in [-0.2, 0) is 0 Å². The Hall–Kier alpha value is -6.36. The van der Waals surface area contributed by atoms with Gasteiger partial charge in [-0.05, 0) is 70.3 Å². The summed E-state index contributed by atoms with van der Waals surface area (Å²) in [6.45, 7) is 0. The summed E-state index contributed by atoms with van der Waals surface area (Å²) in [6, 6.07) is 52.0. The first kappa shape index (κ1) is 28.6. The van der Waals surface area contributed by atoms with Crippen molar-refractivity contribution >= 4 is 53.4 Å². The smallest absolute Gasteiger partial charge is 0.143 e. The van der Waals surface area contributed by atoms with E-state index in [1.54, 1.807) is 0 Å². The normalized spacial score (nSPS) is 11.6. The van der Waals surface area contributed by atoms with Gasteiger partial charge in [0, 0.05) is 83.5 Å². The van der Waals surface area contributed by atoms with Crippen LogP contribution in [-0.4, -0.2) is 9.97 Å². The molecule has 234 valence electrons. The van der Waals surface area contributed by atoms with Crippen molar-refractivity contribution in [3.8, 4) is 55.6 Å². The number of pyridine rings is 2. The highest BCUT2D eigenvalue weighted by molar-refractivity contribution is 7.26. The fourth-order valence-electron chi connectivity index (χ4n) is 7.28. The molecule has 4 heteroatoms. The number of hydrogen-bond acceptors (Lipinski definition) is 4. The van der Waals surface area contributed by atoms with Gasteiger partial charge in [0.25, 0.3) is 0 Å². The van der Waals surface area contributed by atoms with Crippen LogP contribution in [0.15, 0.2) is 175 Å². The lowest BCUT2D eigenvalue weighted by Crippen LogP contribution is -1.88. The molecule has 3 nitrogen and oxygen atoms in total. The third kappa shape index (κ3) is 4.73. The molecule has 4 heterocycles. The predicted octanol–water partition coefficient (Wildman–Crippen LogP) is 13.1. The lowest BCUT2D eigenvalue weighted by Gasteiger charge is -2.12. The molecule has 0 atom stereocenters. The summed E-state index contributed by atoms with van der Waals surface area (Å²) in [6.07, 6.45) is 7.45. The van der Waals surface area contributed by atoms with Crippen molar-refractivity contribution in [2.75, 3.05) is 0 Å². The van der Waals surface area contributed by atoms with Gasteiger partial charge in [-0.1, -0.05) is 103 Å².